The zero-order valence-corrected chi connectivity index (χ0v) is 18.1. The van der Waals surface area contributed by atoms with Gasteiger partial charge >= 0.3 is 0 Å². The van der Waals surface area contributed by atoms with Crippen molar-refractivity contribution in [2.45, 2.75) is 89.0 Å². The van der Waals surface area contributed by atoms with E-state index in [0.29, 0.717) is 5.91 Å². The molecule has 146 valence electrons. The highest BCUT2D eigenvalue weighted by molar-refractivity contribution is 14.1. The summed E-state index contributed by atoms with van der Waals surface area (Å²) < 4.78 is 0.0144. The van der Waals surface area contributed by atoms with E-state index in [4.69, 9.17) is 0 Å². The van der Waals surface area contributed by atoms with Gasteiger partial charge in [0.1, 0.15) is 0 Å². The quantitative estimate of drug-likeness (QED) is 0.355. The van der Waals surface area contributed by atoms with Gasteiger partial charge in [-0.15, -0.1) is 0 Å². The summed E-state index contributed by atoms with van der Waals surface area (Å²) in [6, 6.07) is 0. The minimum atomic E-state index is -0.121. The predicted octanol–water partition coefficient (Wildman–Crippen LogP) is 5.04. The second-order valence-corrected chi connectivity index (χ2v) is 10.6. The van der Waals surface area contributed by atoms with Crippen LogP contribution in [0.25, 0.3) is 0 Å². The molecule has 5 fully saturated rings. The van der Waals surface area contributed by atoms with Crippen molar-refractivity contribution >= 4 is 32.4 Å². The zero-order valence-electron chi connectivity index (χ0n) is 15.9. The third-order valence-electron chi connectivity index (χ3n) is 7.68. The number of carbonyl (C=O) groups excluding carboxylic acids is 2. The lowest BCUT2D eigenvalue weighted by Crippen LogP contribution is -2.78. The molecular weight excluding hydrogens is 439 g/mol. The Bertz CT molecular complexity index is 534. The highest BCUT2D eigenvalue weighted by Crippen LogP contribution is 2.68. The summed E-state index contributed by atoms with van der Waals surface area (Å²) in [6.45, 7) is 1.96. The molecule has 0 spiro atoms. The number of rotatable bonds is 3. The van der Waals surface area contributed by atoms with Gasteiger partial charge in [0, 0.05) is 41.2 Å². The first-order valence-electron chi connectivity index (χ1n) is 10.8. The van der Waals surface area contributed by atoms with E-state index in [9.17, 15) is 9.59 Å². The number of likely N-dealkylation sites (tertiary alicyclic amines) is 1. The summed E-state index contributed by atoms with van der Waals surface area (Å²) in [5, 5.41) is 3.05. The Morgan fingerprint density at radius 3 is 2.00 bits per heavy atom. The molecule has 2 bridgehead atoms. The van der Waals surface area contributed by atoms with E-state index in [-0.39, 0.29) is 14.9 Å². The molecule has 0 aromatic carbocycles. The minimum absolute atomic E-state index is 0.0144. The fourth-order valence-electron chi connectivity index (χ4n) is 6.36. The Hall–Kier alpha value is -0.330. The monoisotopic (exact) mass is 472 g/mol. The maximum atomic E-state index is 13.1. The molecule has 1 N–H and O–H groups in total. The van der Waals surface area contributed by atoms with E-state index in [0.717, 1.165) is 44.2 Å². The molecule has 4 saturated carbocycles. The van der Waals surface area contributed by atoms with Crippen molar-refractivity contribution in [2.24, 2.45) is 17.3 Å². The molecular formula is C21H33IN2O2. The summed E-state index contributed by atoms with van der Waals surface area (Å²) in [4.78, 5) is 26.6. The van der Waals surface area contributed by atoms with Crippen molar-refractivity contribution in [3.8, 4) is 0 Å². The molecule has 5 aliphatic rings. The molecule has 4 aliphatic carbocycles. The van der Waals surface area contributed by atoms with Crippen LogP contribution in [0.3, 0.4) is 0 Å². The summed E-state index contributed by atoms with van der Waals surface area (Å²) in [5.74, 6) is 1.96. The Balaban J connectivity index is 1.28. The number of halogens is 1. The predicted molar refractivity (Wildman–Crippen MR) is 111 cm³/mol. The van der Waals surface area contributed by atoms with E-state index in [1.807, 2.05) is 0 Å². The molecule has 1 saturated heterocycles. The standard InChI is InChI=1S/C21H33IN2O2/c22-19(26)23-21-13-20(14-21,15-21)18(25)24-11-10-17(12-24)16-8-6-4-2-1-3-5-7-9-16/h16-17H,1-15H2,(H,23,26). The second-order valence-electron chi connectivity index (χ2n) is 9.60. The molecule has 0 radical (unpaired) electrons. The molecule has 1 atom stereocenters. The van der Waals surface area contributed by atoms with E-state index in [1.165, 1.54) is 64.2 Å². The zero-order chi connectivity index (χ0) is 18.2. The van der Waals surface area contributed by atoms with E-state index in [1.54, 1.807) is 22.6 Å². The lowest BCUT2D eigenvalue weighted by molar-refractivity contribution is -0.187. The molecule has 5 rings (SSSR count). The van der Waals surface area contributed by atoms with Crippen LogP contribution in [0.15, 0.2) is 0 Å². The fourth-order valence-corrected chi connectivity index (χ4v) is 6.93. The summed E-state index contributed by atoms with van der Waals surface area (Å²) in [5.41, 5.74) is -0.159. The van der Waals surface area contributed by atoms with Gasteiger partial charge in [0.2, 0.25) is 5.91 Å². The summed E-state index contributed by atoms with van der Waals surface area (Å²) in [6.07, 6.45) is 16.4. The average Bonchev–Trinajstić information content (AvgIpc) is 3.03. The number of carbonyl (C=O) groups is 2. The number of hydrogen-bond donors (Lipinski definition) is 1. The first-order chi connectivity index (χ1) is 12.5. The van der Waals surface area contributed by atoms with E-state index >= 15 is 0 Å². The molecule has 4 nitrogen and oxygen atoms in total. The Morgan fingerprint density at radius 1 is 0.846 bits per heavy atom. The van der Waals surface area contributed by atoms with Crippen LogP contribution < -0.4 is 5.32 Å². The first kappa shape index (κ1) is 19.0. The minimum Gasteiger partial charge on any atom is -0.342 e. The molecule has 26 heavy (non-hydrogen) atoms. The van der Waals surface area contributed by atoms with Crippen LogP contribution in [-0.2, 0) is 4.79 Å². The Morgan fingerprint density at radius 2 is 1.42 bits per heavy atom. The van der Waals surface area contributed by atoms with Crippen LogP contribution >= 0.6 is 22.6 Å². The highest BCUT2D eigenvalue weighted by Gasteiger charge is 2.72. The van der Waals surface area contributed by atoms with Crippen molar-refractivity contribution < 1.29 is 9.59 Å². The molecule has 0 aromatic heterocycles. The van der Waals surface area contributed by atoms with E-state index in [2.05, 4.69) is 10.2 Å². The van der Waals surface area contributed by atoms with Gasteiger partial charge in [-0.05, 0) is 37.5 Å². The molecule has 1 unspecified atom stereocenters. The third kappa shape index (κ3) is 3.66. The summed E-state index contributed by atoms with van der Waals surface area (Å²) in [7, 11) is 0. The fraction of sp³-hybridized carbons (Fsp3) is 0.905. The van der Waals surface area contributed by atoms with Crippen molar-refractivity contribution in [3.05, 3.63) is 0 Å². The van der Waals surface area contributed by atoms with Crippen molar-refractivity contribution in [1.29, 1.82) is 0 Å². The number of amides is 2. The van der Waals surface area contributed by atoms with Crippen LogP contribution in [0.2, 0.25) is 0 Å². The van der Waals surface area contributed by atoms with Gasteiger partial charge < -0.3 is 10.2 Å². The summed E-state index contributed by atoms with van der Waals surface area (Å²) >= 11 is 1.80. The third-order valence-corrected chi connectivity index (χ3v) is 7.95. The molecule has 1 aliphatic heterocycles. The molecule has 0 aromatic rings. The lowest BCUT2D eigenvalue weighted by atomic mass is 9.39. The van der Waals surface area contributed by atoms with Gasteiger partial charge in [-0.1, -0.05) is 57.8 Å². The van der Waals surface area contributed by atoms with Crippen molar-refractivity contribution in [2.75, 3.05) is 13.1 Å². The van der Waals surface area contributed by atoms with Gasteiger partial charge in [0.05, 0.1) is 5.41 Å². The van der Waals surface area contributed by atoms with Gasteiger partial charge in [-0.2, -0.15) is 0 Å². The van der Waals surface area contributed by atoms with Crippen molar-refractivity contribution in [1.82, 2.24) is 10.2 Å². The van der Waals surface area contributed by atoms with Gasteiger partial charge in [-0.25, -0.2) is 0 Å². The first-order valence-corrected chi connectivity index (χ1v) is 11.9. The molecule has 5 heteroatoms. The van der Waals surface area contributed by atoms with Crippen LogP contribution in [0, 0.1) is 17.3 Å². The lowest BCUT2D eigenvalue weighted by Gasteiger charge is -2.69. The molecule has 1 heterocycles. The number of hydrogen-bond acceptors (Lipinski definition) is 2. The largest absolute Gasteiger partial charge is 0.342 e. The molecule has 2 amide bonds. The van der Waals surface area contributed by atoms with Crippen LogP contribution in [0.1, 0.15) is 83.5 Å². The van der Waals surface area contributed by atoms with Gasteiger partial charge in [0.25, 0.3) is 3.91 Å². The van der Waals surface area contributed by atoms with Crippen molar-refractivity contribution in [3.63, 3.8) is 0 Å². The van der Waals surface area contributed by atoms with E-state index < -0.39 is 0 Å². The Kier molecular flexibility index (Phi) is 5.55. The highest BCUT2D eigenvalue weighted by atomic mass is 127. The maximum absolute atomic E-state index is 13.1. The van der Waals surface area contributed by atoms with Gasteiger partial charge in [0.15, 0.2) is 0 Å². The van der Waals surface area contributed by atoms with Crippen LogP contribution in [0.5, 0.6) is 0 Å². The normalized spacial score (nSPS) is 38.2. The average molecular weight is 472 g/mol. The Labute approximate surface area is 171 Å². The maximum Gasteiger partial charge on any atom is 0.281 e. The van der Waals surface area contributed by atoms with Gasteiger partial charge in [-0.3, -0.25) is 9.59 Å². The topological polar surface area (TPSA) is 49.4 Å². The van der Waals surface area contributed by atoms with Crippen LogP contribution in [-0.4, -0.2) is 33.3 Å². The second kappa shape index (κ2) is 7.59. The SMILES string of the molecule is O=C(I)NC12CC(C(=O)N3CCC(C4CCCCCCCCC4)C3)(C1)C2. The number of nitrogens with zero attached hydrogens (tertiary/aromatic N) is 1. The number of nitrogens with one attached hydrogen (secondary N) is 1. The smallest absolute Gasteiger partial charge is 0.281 e. The van der Waals surface area contributed by atoms with Crippen LogP contribution in [0.4, 0.5) is 4.79 Å².